The van der Waals surface area contributed by atoms with Gasteiger partial charge in [0.15, 0.2) is 0 Å². The predicted octanol–water partition coefficient (Wildman–Crippen LogP) is 4.56. The second-order valence-electron chi connectivity index (χ2n) is 5.38. The quantitative estimate of drug-likeness (QED) is 0.546. The summed E-state index contributed by atoms with van der Waals surface area (Å²) < 4.78 is 0. The maximum absolute atomic E-state index is 2.46. The van der Waals surface area contributed by atoms with Crippen molar-refractivity contribution in [1.29, 1.82) is 0 Å². The molecule has 0 heteroatoms. The maximum Gasteiger partial charge on any atom is -0.0144 e. The van der Waals surface area contributed by atoms with Crippen molar-refractivity contribution in [2.45, 2.75) is 59.8 Å². The molecule has 1 rings (SSSR count). The standard InChI is InChI=1S/C13H24/c1-11(2)10-13(3,4)12-8-6-5-7-9-12/h10,12H,5-9H2,1-4H3. The highest BCUT2D eigenvalue weighted by Gasteiger charge is 2.28. The van der Waals surface area contributed by atoms with Crippen LogP contribution in [-0.2, 0) is 0 Å². The topological polar surface area (TPSA) is 0 Å². The van der Waals surface area contributed by atoms with Crippen molar-refractivity contribution in [3.05, 3.63) is 11.6 Å². The third-order valence-electron chi connectivity index (χ3n) is 3.32. The zero-order valence-corrected chi connectivity index (χ0v) is 9.69. The van der Waals surface area contributed by atoms with Gasteiger partial charge in [-0.15, -0.1) is 0 Å². The van der Waals surface area contributed by atoms with Gasteiger partial charge in [0.05, 0.1) is 0 Å². The summed E-state index contributed by atoms with van der Waals surface area (Å²) in [6.45, 7) is 9.22. The Morgan fingerprint density at radius 3 is 2.08 bits per heavy atom. The Labute approximate surface area is 83.4 Å². The Bertz CT molecular complexity index is 176. The van der Waals surface area contributed by atoms with Crippen LogP contribution in [0.2, 0.25) is 0 Å². The van der Waals surface area contributed by atoms with Gasteiger partial charge in [-0.2, -0.15) is 0 Å². The molecule has 0 radical (unpaired) electrons. The smallest absolute Gasteiger partial charge is 0.0144 e. The van der Waals surface area contributed by atoms with Crippen LogP contribution in [0.4, 0.5) is 0 Å². The van der Waals surface area contributed by atoms with Crippen LogP contribution in [0, 0.1) is 11.3 Å². The Balaban J connectivity index is 2.61. The van der Waals surface area contributed by atoms with Crippen LogP contribution in [0.15, 0.2) is 11.6 Å². The number of hydrogen-bond acceptors (Lipinski definition) is 0. The van der Waals surface area contributed by atoms with Crippen molar-refractivity contribution in [1.82, 2.24) is 0 Å². The van der Waals surface area contributed by atoms with Crippen molar-refractivity contribution < 1.29 is 0 Å². The van der Waals surface area contributed by atoms with Crippen LogP contribution in [0.5, 0.6) is 0 Å². The predicted molar refractivity (Wildman–Crippen MR) is 59.8 cm³/mol. The van der Waals surface area contributed by atoms with Crippen LogP contribution >= 0.6 is 0 Å². The Morgan fingerprint density at radius 1 is 1.08 bits per heavy atom. The van der Waals surface area contributed by atoms with E-state index in [1.54, 1.807) is 0 Å². The Kier molecular flexibility index (Phi) is 3.58. The van der Waals surface area contributed by atoms with Gasteiger partial charge in [-0.05, 0) is 38.0 Å². The van der Waals surface area contributed by atoms with E-state index in [0.717, 1.165) is 5.92 Å². The first-order valence-corrected chi connectivity index (χ1v) is 5.68. The van der Waals surface area contributed by atoms with E-state index in [2.05, 4.69) is 33.8 Å². The van der Waals surface area contributed by atoms with Crippen LogP contribution in [0.1, 0.15) is 59.8 Å². The zero-order chi connectivity index (χ0) is 9.90. The average molecular weight is 180 g/mol. The summed E-state index contributed by atoms with van der Waals surface area (Å²) in [5.41, 5.74) is 1.90. The first-order chi connectivity index (χ1) is 6.02. The van der Waals surface area contributed by atoms with E-state index >= 15 is 0 Å². The van der Waals surface area contributed by atoms with Crippen molar-refractivity contribution in [3.63, 3.8) is 0 Å². The Morgan fingerprint density at radius 2 is 1.62 bits per heavy atom. The van der Waals surface area contributed by atoms with Crippen LogP contribution in [0.25, 0.3) is 0 Å². The third-order valence-corrected chi connectivity index (χ3v) is 3.32. The Hall–Kier alpha value is -0.260. The fraction of sp³-hybridized carbons (Fsp3) is 0.846. The molecule has 1 saturated carbocycles. The zero-order valence-electron chi connectivity index (χ0n) is 9.69. The van der Waals surface area contributed by atoms with E-state index in [9.17, 15) is 0 Å². The molecule has 76 valence electrons. The number of rotatable bonds is 2. The summed E-state index contributed by atoms with van der Waals surface area (Å²) in [5, 5.41) is 0. The van der Waals surface area contributed by atoms with Crippen LogP contribution in [0.3, 0.4) is 0 Å². The normalized spacial score (nSPS) is 20.0. The van der Waals surface area contributed by atoms with E-state index < -0.39 is 0 Å². The second-order valence-corrected chi connectivity index (χ2v) is 5.38. The highest BCUT2D eigenvalue weighted by molar-refractivity contribution is 5.04. The summed E-state index contributed by atoms with van der Waals surface area (Å²) in [7, 11) is 0. The molecule has 0 aromatic carbocycles. The fourth-order valence-corrected chi connectivity index (χ4v) is 2.71. The van der Waals surface area contributed by atoms with Crippen molar-refractivity contribution >= 4 is 0 Å². The van der Waals surface area contributed by atoms with Gasteiger partial charge in [0, 0.05) is 0 Å². The van der Waals surface area contributed by atoms with Gasteiger partial charge in [0.1, 0.15) is 0 Å². The largest absolute Gasteiger partial charge is 0.0799 e. The van der Waals surface area contributed by atoms with E-state index in [1.165, 1.54) is 37.7 Å². The minimum Gasteiger partial charge on any atom is -0.0799 e. The molecule has 0 heterocycles. The van der Waals surface area contributed by atoms with Crippen molar-refractivity contribution in [2.75, 3.05) is 0 Å². The summed E-state index contributed by atoms with van der Waals surface area (Å²) in [4.78, 5) is 0. The molecule has 1 fully saturated rings. The molecule has 0 aliphatic heterocycles. The highest BCUT2D eigenvalue weighted by Crippen LogP contribution is 2.39. The van der Waals surface area contributed by atoms with Crippen LogP contribution in [-0.4, -0.2) is 0 Å². The maximum atomic E-state index is 2.46. The monoisotopic (exact) mass is 180 g/mol. The summed E-state index contributed by atoms with van der Waals surface area (Å²) in [6, 6.07) is 0. The molecule has 0 aromatic heterocycles. The van der Waals surface area contributed by atoms with Gasteiger partial charge in [0.25, 0.3) is 0 Å². The van der Waals surface area contributed by atoms with Gasteiger partial charge in [0.2, 0.25) is 0 Å². The SMILES string of the molecule is CC(C)=CC(C)(C)C1CCCCC1. The molecule has 1 aliphatic rings. The molecule has 0 unspecified atom stereocenters. The molecule has 0 atom stereocenters. The molecule has 13 heavy (non-hydrogen) atoms. The van der Waals surface area contributed by atoms with Gasteiger partial charge in [-0.1, -0.05) is 44.8 Å². The lowest BCUT2D eigenvalue weighted by Crippen LogP contribution is -2.24. The fourth-order valence-electron chi connectivity index (χ4n) is 2.71. The number of hydrogen-bond donors (Lipinski definition) is 0. The van der Waals surface area contributed by atoms with E-state index in [1.807, 2.05) is 0 Å². The van der Waals surface area contributed by atoms with E-state index in [-0.39, 0.29) is 0 Å². The molecule has 0 N–H and O–H groups in total. The summed E-state index contributed by atoms with van der Waals surface area (Å²) in [6.07, 6.45) is 9.70. The van der Waals surface area contributed by atoms with Crippen molar-refractivity contribution in [2.24, 2.45) is 11.3 Å². The van der Waals surface area contributed by atoms with Crippen molar-refractivity contribution in [3.8, 4) is 0 Å². The second kappa shape index (κ2) is 4.30. The molecule has 0 spiro atoms. The lowest BCUT2D eigenvalue weighted by Gasteiger charge is -2.35. The van der Waals surface area contributed by atoms with E-state index in [4.69, 9.17) is 0 Å². The van der Waals surface area contributed by atoms with Gasteiger partial charge in [-0.3, -0.25) is 0 Å². The first-order valence-electron chi connectivity index (χ1n) is 5.68. The first kappa shape index (κ1) is 10.8. The van der Waals surface area contributed by atoms with Gasteiger partial charge in [-0.25, -0.2) is 0 Å². The molecule has 0 saturated heterocycles. The molecule has 0 nitrogen and oxygen atoms in total. The lowest BCUT2D eigenvalue weighted by molar-refractivity contribution is 0.209. The number of allylic oxidation sites excluding steroid dienone is 2. The van der Waals surface area contributed by atoms with E-state index in [0.29, 0.717) is 5.41 Å². The molecule has 0 amide bonds. The highest BCUT2D eigenvalue weighted by atomic mass is 14.3. The summed E-state index contributed by atoms with van der Waals surface area (Å²) in [5.74, 6) is 0.927. The molecule has 0 bridgehead atoms. The summed E-state index contributed by atoms with van der Waals surface area (Å²) >= 11 is 0. The lowest BCUT2D eigenvalue weighted by atomic mass is 9.70. The third kappa shape index (κ3) is 3.17. The minimum atomic E-state index is 0.430. The minimum absolute atomic E-state index is 0.430. The van der Waals surface area contributed by atoms with Gasteiger partial charge >= 0.3 is 0 Å². The van der Waals surface area contributed by atoms with Gasteiger partial charge < -0.3 is 0 Å². The molecular formula is C13H24. The van der Waals surface area contributed by atoms with Crippen LogP contribution < -0.4 is 0 Å². The average Bonchev–Trinajstić information content (AvgIpc) is 2.04. The molecular weight excluding hydrogens is 156 g/mol. The molecule has 1 aliphatic carbocycles. The molecule has 0 aromatic rings.